The molecule has 1 atom stereocenters. The standard InChI is InChI=1S/C20H28N2O3/c1-15-3-2-8-22(12-15)20(23)17-6-9-21(10-7-17)13-16-4-5-18-19(11-16)25-14-24-18/h4-5,11,15,17H,2-3,6-10,12-14H2,1H3/p+1/t15-/m1/s1. The molecule has 0 radical (unpaired) electrons. The van der Waals surface area contributed by atoms with Crippen molar-refractivity contribution in [3.63, 3.8) is 0 Å². The SMILES string of the molecule is C[C@@H]1CCCN(C(=O)C2CC[NH+](Cc3ccc4c(c3)OCO4)CC2)C1. The summed E-state index contributed by atoms with van der Waals surface area (Å²) in [5.74, 6) is 3.02. The minimum atomic E-state index is 0.241. The summed E-state index contributed by atoms with van der Waals surface area (Å²) in [4.78, 5) is 16.5. The van der Waals surface area contributed by atoms with Gasteiger partial charge in [0.05, 0.1) is 13.1 Å². The number of piperidine rings is 2. The van der Waals surface area contributed by atoms with Gasteiger partial charge in [-0.25, -0.2) is 0 Å². The minimum Gasteiger partial charge on any atom is -0.454 e. The molecule has 1 aromatic rings. The first-order valence-electron chi connectivity index (χ1n) is 9.70. The Morgan fingerprint density at radius 2 is 2.00 bits per heavy atom. The van der Waals surface area contributed by atoms with Crippen LogP contribution in [0.15, 0.2) is 18.2 Å². The van der Waals surface area contributed by atoms with E-state index >= 15 is 0 Å². The molecule has 0 spiro atoms. The maximum atomic E-state index is 12.8. The lowest BCUT2D eigenvalue weighted by Crippen LogP contribution is -3.11. The third-order valence-electron chi connectivity index (χ3n) is 5.90. The van der Waals surface area contributed by atoms with Gasteiger partial charge < -0.3 is 19.3 Å². The van der Waals surface area contributed by atoms with E-state index in [0.717, 1.165) is 57.1 Å². The molecule has 2 saturated heterocycles. The van der Waals surface area contributed by atoms with E-state index in [4.69, 9.17) is 9.47 Å². The number of carbonyl (C=O) groups excluding carboxylic acids is 1. The second-order valence-electron chi connectivity index (χ2n) is 7.92. The Labute approximate surface area is 149 Å². The highest BCUT2D eigenvalue weighted by Gasteiger charge is 2.32. The van der Waals surface area contributed by atoms with Crippen molar-refractivity contribution >= 4 is 5.91 Å². The summed E-state index contributed by atoms with van der Waals surface area (Å²) >= 11 is 0. The molecule has 0 aliphatic carbocycles. The average molecular weight is 345 g/mol. The molecule has 5 nitrogen and oxygen atoms in total. The lowest BCUT2D eigenvalue weighted by atomic mass is 9.92. The lowest BCUT2D eigenvalue weighted by Gasteiger charge is -2.36. The van der Waals surface area contributed by atoms with E-state index in [1.165, 1.54) is 18.4 Å². The van der Waals surface area contributed by atoms with Gasteiger partial charge in [-0.05, 0) is 37.0 Å². The number of quaternary nitrogens is 1. The van der Waals surface area contributed by atoms with Crippen molar-refractivity contribution in [2.75, 3.05) is 33.0 Å². The molecule has 0 saturated carbocycles. The van der Waals surface area contributed by atoms with E-state index in [1.807, 2.05) is 6.07 Å². The predicted molar refractivity (Wildman–Crippen MR) is 94.7 cm³/mol. The Hall–Kier alpha value is -1.75. The first-order chi connectivity index (χ1) is 12.2. The van der Waals surface area contributed by atoms with Crippen molar-refractivity contribution in [2.24, 2.45) is 11.8 Å². The van der Waals surface area contributed by atoms with Crippen LogP contribution in [0.25, 0.3) is 0 Å². The number of carbonyl (C=O) groups is 1. The molecule has 1 aromatic carbocycles. The van der Waals surface area contributed by atoms with E-state index in [0.29, 0.717) is 18.6 Å². The van der Waals surface area contributed by atoms with Crippen molar-refractivity contribution in [2.45, 2.75) is 39.2 Å². The third kappa shape index (κ3) is 3.76. The molecular weight excluding hydrogens is 316 g/mol. The first kappa shape index (κ1) is 16.7. The number of hydrogen-bond donors (Lipinski definition) is 1. The number of rotatable bonds is 3. The van der Waals surface area contributed by atoms with Gasteiger partial charge in [0.2, 0.25) is 12.7 Å². The minimum absolute atomic E-state index is 0.241. The first-order valence-corrected chi connectivity index (χ1v) is 9.70. The number of hydrogen-bond acceptors (Lipinski definition) is 3. The van der Waals surface area contributed by atoms with Crippen LogP contribution in [0.1, 0.15) is 38.2 Å². The fourth-order valence-electron chi connectivity index (χ4n) is 4.44. The van der Waals surface area contributed by atoms with Crippen LogP contribution in [-0.2, 0) is 11.3 Å². The van der Waals surface area contributed by atoms with Crippen LogP contribution in [0.2, 0.25) is 0 Å². The molecule has 0 aromatic heterocycles. The zero-order valence-corrected chi connectivity index (χ0v) is 15.1. The normalized spacial score (nSPS) is 28.8. The largest absolute Gasteiger partial charge is 0.454 e. The molecule has 3 aliphatic rings. The number of amides is 1. The molecule has 5 heteroatoms. The van der Waals surface area contributed by atoms with Gasteiger partial charge in [-0.1, -0.05) is 6.92 Å². The third-order valence-corrected chi connectivity index (χ3v) is 5.90. The van der Waals surface area contributed by atoms with Crippen LogP contribution in [-0.4, -0.2) is 43.8 Å². The van der Waals surface area contributed by atoms with Crippen LogP contribution in [0.3, 0.4) is 0 Å². The Morgan fingerprint density at radius 3 is 2.80 bits per heavy atom. The summed E-state index contributed by atoms with van der Waals surface area (Å²) in [7, 11) is 0. The maximum Gasteiger partial charge on any atom is 0.231 e. The summed E-state index contributed by atoms with van der Waals surface area (Å²) in [6.07, 6.45) is 4.47. The molecule has 4 rings (SSSR count). The monoisotopic (exact) mass is 345 g/mol. The van der Waals surface area contributed by atoms with E-state index in [-0.39, 0.29) is 5.92 Å². The molecule has 136 valence electrons. The van der Waals surface area contributed by atoms with Crippen LogP contribution >= 0.6 is 0 Å². The van der Waals surface area contributed by atoms with Gasteiger partial charge in [-0.3, -0.25) is 4.79 Å². The van der Waals surface area contributed by atoms with Crippen molar-refractivity contribution < 1.29 is 19.2 Å². The van der Waals surface area contributed by atoms with Crippen molar-refractivity contribution in [1.29, 1.82) is 0 Å². The van der Waals surface area contributed by atoms with Crippen molar-refractivity contribution in [1.82, 2.24) is 4.90 Å². The highest BCUT2D eigenvalue weighted by Crippen LogP contribution is 2.32. The summed E-state index contributed by atoms with van der Waals surface area (Å²) in [5.41, 5.74) is 1.29. The fourth-order valence-corrected chi connectivity index (χ4v) is 4.44. The lowest BCUT2D eigenvalue weighted by molar-refractivity contribution is -0.919. The summed E-state index contributed by atoms with van der Waals surface area (Å²) < 4.78 is 10.8. The zero-order chi connectivity index (χ0) is 17.2. The predicted octanol–water partition coefficient (Wildman–Crippen LogP) is 1.47. The molecule has 0 bridgehead atoms. The summed E-state index contributed by atoms with van der Waals surface area (Å²) in [5, 5.41) is 0. The fraction of sp³-hybridized carbons (Fsp3) is 0.650. The summed E-state index contributed by atoms with van der Waals surface area (Å²) in [6.45, 7) is 7.67. The number of nitrogens with one attached hydrogen (secondary N) is 1. The van der Waals surface area contributed by atoms with E-state index in [1.54, 1.807) is 4.90 Å². The number of benzene rings is 1. The van der Waals surface area contributed by atoms with Gasteiger partial charge in [-0.15, -0.1) is 0 Å². The maximum absolute atomic E-state index is 12.8. The van der Waals surface area contributed by atoms with Gasteiger partial charge in [0.15, 0.2) is 11.5 Å². The van der Waals surface area contributed by atoms with Crippen molar-refractivity contribution in [3.8, 4) is 11.5 Å². The zero-order valence-electron chi connectivity index (χ0n) is 15.1. The molecule has 1 amide bonds. The van der Waals surface area contributed by atoms with Gasteiger partial charge in [0.1, 0.15) is 6.54 Å². The molecule has 0 unspecified atom stereocenters. The van der Waals surface area contributed by atoms with Crippen molar-refractivity contribution in [3.05, 3.63) is 23.8 Å². The van der Waals surface area contributed by atoms with Gasteiger partial charge >= 0.3 is 0 Å². The summed E-state index contributed by atoms with van der Waals surface area (Å²) in [6, 6.07) is 6.24. The Morgan fingerprint density at radius 1 is 1.20 bits per heavy atom. The molecule has 1 N–H and O–H groups in total. The van der Waals surface area contributed by atoms with E-state index < -0.39 is 0 Å². The number of nitrogens with zero attached hydrogens (tertiary/aromatic N) is 1. The topological polar surface area (TPSA) is 43.2 Å². The quantitative estimate of drug-likeness (QED) is 0.902. The Kier molecular flexibility index (Phi) is 4.84. The van der Waals surface area contributed by atoms with Crippen LogP contribution in [0, 0.1) is 11.8 Å². The van der Waals surface area contributed by atoms with E-state index in [9.17, 15) is 4.79 Å². The number of fused-ring (bicyclic) bond motifs is 1. The smallest absolute Gasteiger partial charge is 0.231 e. The van der Waals surface area contributed by atoms with Gasteiger partial charge in [-0.2, -0.15) is 0 Å². The molecule has 25 heavy (non-hydrogen) atoms. The molecular formula is C20H29N2O3+. The Bertz CT molecular complexity index is 625. The highest BCUT2D eigenvalue weighted by molar-refractivity contribution is 5.79. The number of likely N-dealkylation sites (tertiary alicyclic amines) is 2. The van der Waals surface area contributed by atoms with Gasteiger partial charge in [0.25, 0.3) is 0 Å². The number of ether oxygens (including phenoxy) is 2. The Balaban J connectivity index is 1.29. The van der Waals surface area contributed by atoms with Crippen LogP contribution in [0.4, 0.5) is 0 Å². The second kappa shape index (κ2) is 7.24. The molecule has 3 aliphatic heterocycles. The second-order valence-corrected chi connectivity index (χ2v) is 7.92. The van der Waals surface area contributed by atoms with E-state index in [2.05, 4.69) is 24.0 Å². The highest BCUT2D eigenvalue weighted by atomic mass is 16.7. The molecule has 2 fully saturated rings. The average Bonchev–Trinajstić information content (AvgIpc) is 3.09. The van der Waals surface area contributed by atoms with Gasteiger partial charge in [0, 0.05) is 37.4 Å². The van der Waals surface area contributed by atoms with Crippen LogP contribution < -0.4 is 14.4 Å². The molecule has 3 heterocycles. The van der Waals surface area contributed by atoms with Crippen LogP contribution in [0.5, 0.6) is 11.5 Å².